The van der Waals surface area contributed by atoms with Crippen LogP contribution in [-0.2, 0) is 4.79 Å². The Morgan fingerprint density at radius 3 is 2.40 bits per heavy atom. The molecule has 2 amide bonds. The van der Waals surface area contributed by atoms with Gasteiger partial charge in [0.1, 0.15) is 0 Å². The van der Waals surface area contributed by atoms with Gasteiger partial charge in [-0.25, -0.2) is 0 Å². The number of anilines is 1. The van der Waals surface area contributed by atoms with Crippen molar-refractivity contribution < 1.29 is 9.59 Å². The van der Waals surface area contributed by atoms with Gasteiger partial charge in [-0.1, -0.05) is 35.9 Å². The molecule has 0 bridgehead atoms. The topological polar surface area (TPSA) is 52.7 Å². The fourth-order valence-electron chi connectivity index (χ4n) is 4.49. The molecule has 0 spiro atoms. The molecule has 0 saturated carbocycles. The molecule has 182 valence electrons. The van der Waals surface area contributed by atoms with Gasteiger partial charge in [-0.15, -0.1) is 0 Å². The number of halogens is 1. The van der Waals surface area contributed by atoms with Crippen molar-refractivity contribution in [2.75, 3.05) is 38.5 Å². The summed E-state index contributed by atoms with van der Waals surface area (Å²) in [5.74, 6) is -0.00812. The van der Waals surface area contributed by atoms with Crippen LogP contribution in [0.1, 0.15) is 48.7 Å². The highest BCUT2D eigenvalue weighted by atomic mass is 35.5. The molecule has 0 aromatic heterocycles. The Balaban J connectivity index is 1.50. The molecule has 0 radical (unpaired) electrons. The number of hydrogen-bond donors (Lipinski definition) is 1. The van der Waals surface area contributed by atoms with Gasteiger partial charge >= 0.3 is 0 Å². The van der Waals surface area contributed by atoms with E-state index >= 15 is 0 Å². The quantitative estimate of drug-likeness (QED) is 0.430. The van der Waals surface area contributed by atoms with Crippen LogP contribution in [0.25, 0.3) is 11.1 Å². The Bertz CT molecular complexity index is 1240. The SMILES string of the molecule is CC(=C\C=C(/C)c1ccc(C(=O)N2CCCN(C)CC2)cc1)/C(C)=C1/C(=O)Nc2ccc(Cl)cc21. The van der Waals surface area contributed by atoms with E-state index in [9.17, 15) is 9.59 Å². The van der Waals surface area contributed by atoms with Gasteiger partial charge < -0.3 is 15.1 Å². The van der Waals surface area contributed by atoms with Gasteiger partial charge in [-0.3, -0.25) is 9.59 Å². The van der Waals surface area contributed by atoms with E-state index in [1.165, 1.54) is 0 Å². The monoisotopic (exact) mass is 489 g/mol. The van der Waals surface area contributed by atoms with Crippen molar-refractivity contribution in [3.8, 4) is 0 Å². The zero-order valence-electron chi connectivity index (χ0n) is 20.8. The second kappa shape index (κ2) is 10.6. The summed E-state index contributed by atoms with van der Waals surface area (Å²) >= 11 is 6.17. The molecular formula is C29H32ClN3O2. The zero-order chi connectivity index (χ0) is 25.1. The molecule has 1 saturated heterocycles. The van der Waals surface area contributed by atoms with Crippen LogP contribution in [-0.4, -0.2) is 54.8 Å². The molecular weight excluding hydrogens is 458 g/mol. The van der Waals surface area contributed by atoms with Crippen molar-refractivity contribution in [3.05, 3.63) is 87.5 Å². The number of benzene rings is 2. The minimum atomic E-state index is -0.107. The largest absolute Gasteiger partial charge is 0.337 e. The fraction of sp³-hybridized carbons (Fsp3) is 0.310. The van der Waals surface area contributed by atoms with Crippen LogP contribution in [0, 0.1) is 0 Å². The maximum absolute atomic E-state index is 12.9. The minimum absolute atomic E-state index is 0.0988. The number of allylic oxidation sites excluding steroid dienone is 5. The van der Waals surface area contributed by atoms with Crippen LogP contribution in [0.15, 0.2) is 65.8 Å². The number of fused-ring (bicyclic) bond motifs is 1. The molecule has 1 fully saturated rings. The molecule has 2 aliphatic heterocycles. The van der Waals surface area contributed by atoms with Crippen molar-refractivity contribution in [3.63, 3.8) is 0 Å². The molecule has 2 aliphatic rings. The van der Waals surface area contributed by atoms with Crippen LogP contribution >= 0.6 is 11.6 Å². The smallest absolute Gasteiger partial charge is 0.256 e. The standard InChI is InChI=1S/C29H32ClN3O2/c1-19(21(3)27-25-18-24(30)12-13-26(25)31-28(27)34)6-7-20(2)22-8-10-23(11-9-22)29(35)33-15-5-14-32(4)16-17-33/h6-13,18H,5,14-17H2,1-4H3,(H,31,34)/b19-6+,20-7+,27-21+. The van der Waals surface area contributed by atoms with Crippen molar-refractivity contribution in [1.29, 1.82) is 0 Å². The predicted octanol–water partition coefficient (Wildman–Crippen LogP) is 5.89. The lowest BCUT2D eigenvalue weighted by molar-refractivity contribution is -0.110. The van der Waals surface area contributed by atoms with Gasteiger partial charge in [0.15, 0.2) is 0 Å². The number of likely N-dealkylation sites (N-methyl/N-ethyl adjacent to an activating group) is 1. The lowest BCUT2D eigenvalue weighted by Crippen LogP contribution is -2.34. The average Bonchev–Trinajstić information content (AvgIpc) is 3.01. The third kappa shape index (κ3) is 5.58. The predicted molar refractivity (Wildman–Crippen MR) is 145 cm³/mol. The summed E-state index contributed by atoms with van der Waals surface area (Å²) < 4.78 is 0. The van der Waals surface area contributed by atoms with Crippen molar-refractivity contribution >= 4 is 40.2 Å². The van der Waals surface area contributed by atoms with E-state index in [-0.39, 0.29) is 11.8 Å². The van der Waals surface area contributed by atoms with Crippen molar-refractivity contribution in [1.82, 2.24) is 9.80 Å². The third-order valence-corrected chi connectivity index (χ3v) is 7.11. The number of rotatable bonds is 4. The second-order valence-electron chi connectivity index (χ2n) is 9.37. The van der Waals surface area contributed by atoms with Crippen LogP contribution < -0.4 is 5.32 Å². The number of carbonyl (C=O) groups is 2. The van der Waals surface area contributed by atoms with Gasteiger partial charge in [0.2, 0.25) is 0 Å². The summed E-state index contributed by atoms with van der Waals surface area (Å²) in [6.07, 6.45) is 5.08. The normalized spacial score (nSPS) is 18.8. The van der Waals surface area contributed by atoms with Gasteiger partial charge in [-0.2, -0.15) is 0 Å². The Hall–Kier alpha value is -3.15. The van der Waals surface area contributed by atoms with E-state index in [1.54, 1.807) is 6.07 Å². The first-order valence-electron chi connectivity index (χ1n) is 12.0. The summed E-state index contributed by atoms with van der Waals surface area (Å²) in [4.78, 5) is 29.7. The molecule has 6 heteroatoms. The number of hydrogen-bond acceptors (Lipinski definition) is 3. The Kier molecular flexibility index (Phi) is 7.58. The Morgan fingerprint density at radius 1 is 0.943 bits per heavy atom. The second-order valence-corrected chi connectivity index (χ2v) is 9.81. The van der Waals surface area contributed by atoms with Crippen LogP contribution in [0.3, 0.4) is 0 Å². The van der Waals surface area contributed by atoms with E-state index in [2.05, 4.69) is 17.3 Å². The summed E-state index contributed by atoms with van der Waals surface area (Å²) in [5.41, 5.74) is 7.06. The number of nitrogens with zero attached hydrogens (tertiary/aromatic N) is 2. The average molecular weight is 490 g/mol. The van der Waals surface area contributed by atoms with Crippen LogP contribution in [0.4, 0.5) is 5.69 Å². The summed E-state index contributed by atoms with van der Waals surface area (Å²) in [5, 5.41) is 3.52. The lowest BCUT2D eigenvalue weighted by Gasteiger charge is -2.20. The summed E-state index contributed by atoms with van der Waals surface area (Å²) in [6, 6.07) is 13.3. The molecule has 2 heterocycles. The van der Waals surface area contributed by atoms with Gasteiger partial charge in [-0.05, 0) is 93.4 Å². The highest BCUT2D eigenvalue weighted by Gasteiger charge is 2.26. The van der Waals surface area contributed by atoms with Gasteiger partial charge in [0.05, 0.1) is 5.57 Å². The van der Waals surface area contributed by atoms with Crippen molar-refractivity contribution in [2.24, 2.45) is 0 Å². The summed E-state index contributed by atoms with van der Waals surface area (Å²) in [6.45, 7) is 9.52. The molecule has 5 nitrogen and oxygen atoms in total. The number of nitrogens with one attached hydrogen (secondary N) is 1. The third-order valence-electron chi connectivity index (χ3n) is 6.87. The Labute approximate surface area is 212 Å². The fourth-order valence-corrected chi connectivity index (χ4v) is 4.66. The van der Waals surface area contributed by atoms with Gasteiger partial charge in [0.25, 0.3) is 11.8 Å². The van der Waals surface area contributed by atoms with Crippen LogP contribution in [0.5, 0.6) is 0 Å². The first-order valence-corrected chi connectivity index (χ1v) is 12.4. The number of amides is 2. The van der Waals surface area contributed by atoms with E-state index in [0.29, 0.717) is 10.6 Å². The minimum Gasteiger partial charge on any atom is -0.337 e. The molecule has 4 rings (SSSR count). The lowest BCUT2D eigenvalue weighted by atomic mass is 9.96. The van der Waals surface area contributed by atoms with E-state index in [1.807, 2.05) is 74.2 Å². The molecule has 1 N–H and O–H groups in total. The number of carbonyl (C=O) groups excluding carboxylic acids is 2. The van der Waals surface area contributed by atoms with E-state index in [0.717, 1.165) is 71.7 Å². The molecule has 0 unspecified atom stereocenters. The molecule has 0 aliphatic carbocycles. The van der Waals surface area contributed by atoms with E-state index in [4.69, 9.17) is 11.6 Å². The van der Waals surface area contributed by atoms with Crippen LogP contribution in [0.2, 0.25) is 5.02 Å². The highest BCUT2D eigenvalue weighted by molar-refractivity contribution is 6.35. The maximum Gasteiger partial charge on any atom is 0.256 e. The van der Waals surface area contributed by atoms with Crippen molar-refractivity contribution in [2.45, 2.75) is 27.2 Å². The highest BCUT2D eigenvalue weighted by Crippen LogP contribution is 2.37. The Morgan fingerprint density at radius 2 is 1.66 bits per heavy atom. The zero-order valence-corrected chi connectivity index (χ0v) is 21.6. The molecule has 35 heavy (non-hydrogen) atoms. The molecule has 2 aromatic rings. The van der Waals surface area contributed by atoms with E-state index < -0.39 is 0 Å². The molecule has 0 atom stereocenters. The summed E-state index contributed by atoms with van der Waals surface area (Å²) in [7, 11) is 2.10. The van der Waals surface area contributed by atoms with Gasteiger partial charge in [0, 0.05) is 41.5 Å². The first-order chi connectivity index (χ1) is 16.7. The first kappa shape index (κ1) is 25.0. The maximum atomic E-state index is 12.9. The molecule has 2 aromatic carbocycles.